The number of anilines is 5. The minimum absolute atomic E-state index is 0.0528. The summed E-state index contributed by atoms with van der Waals surface area (Å²) in [6.07, 6.45) is 7.94. The Morgan fingerprint density at radius 2 is 1.51 bits per heavy atom. The Morgan fingerprint density at radius 1 is 0.812 bits per heavy atom. The first kappa shape index (κ1) is 47.9. The van der Waals surface area contributed by atoms with E-state index >= 15 is 0 Å². The monoisotopic (exact) mass is 942 g/mol. The molecule has 18 heteroatoms. The molecule has 0 radical (unpaired) electrons. The fourth-order valence-corrected chi connectivity index (χ4v) is 8.84. The number of methoxy groups -OCH3 is 1. The quantitative estimate of drug-likeness (QED) is 0.0424. The molecule has 0 aliphatic carbocycles. The number of ether oxygens (including phenoxy) is 5. The van der Waals surface area contributed by atoms with Crippen molar-refractivity contribution in [1.82, 2.24) is 14.0 Å². The maximum absolute atomic E-state index is 14.3. The van der Waals surface area contributed by atoms with Gasteiger partial charge in [-0.25, -0.2) is 9.69 Å². The van der Waals surface area contributed by atoms with Crippen LogP contribution in [0.4, 0.5) is 33.2 Å². The van der Waals surface area contributed by atoms with Crippen LogP contribution in [0.25, 0.3) is 11.1 Å². The van der Waals surface area contributed by atoms with Crippen molar-refractivity contribution >= 4 is 58.2 Å². The van der Waals surface area contributed by atoms with Crippen molar-refractivity contribution in [2.24, 2.45) is 14.1 Å². The largest absolute Gasteiger partial charge is 0.493 e. The molecule has 3 aromatic carbocycles. The lowest BCUT2D eigenvalue weighted by molar-refractivity contribution is -0.198. The number of carbonyl (C=O) groups is 5. The molecule has 8 rings (SSSR count). The smallest absolute Gasteiger partial charge is 0.416 e. The summed E-state index contributed by atoms with van der Waals surface area (Å²) >= 11 is 0. The highest BCUT2D eigenvalue weighted by Gasteiger charge is 2.47. The fourth-order valence-electron chi connectivity index (χ4n) is 8.84. The zero-order valence-corrected chi connectivity index (χ0v) is 39.0. The highest BCUT2D eigenvalue weighted by Crippen LogP contribution is 2.42. The molecule has 3 atom stereocenters. The summed E-state index contributed by atoms with van der Waals surface area (Å²) in [5.41, 5.74) is 11.0. The van der Waals surface area contributed by atoms with Gasteiger partial charge in [-0.3, -0.25) is 19.2 Å². The van der Waals surface area contributed by atoms with Gasteiger partial charge in [0.2, 0.25) is 5.91 Å². The first-order chi connectivity index (χ1) is 33.4. The van der Waals surface area contributed by atoms with Crippen LogP contribution >= 0.6 is 0 Å². The van der Waals surface area contributed by atoms with Crippen molar-refractivity contribution in [2.45, 2.75) is 69.9 Å². The summed E-state index contributed by atoms with van der Waals surface area (Å²) in [7, 11) is 4.98. The van der Waals surface area contributed by atoms with Crippen LogP contribution in [0.3, 0.4) is 0 Å². The fraction of sp³-hybridized carbons (Fsp3) is 0.353. The molecule has 2 unspecified atom stereocenters. The predicted octanol–water partition coefficient (Wildman–Crippen LogP) is 7.93. The van der Waals surface area contributed by atoms with E-state index in [2.05, 4.69) is 22.5 Å². The van der Waals surface area contributed by atoms with Gasteiger partial charge in [0.15, 0.2) is 24.0 Å². The summed E-state index contributed by atoms with van der Waals surface area (Å²) in [4.78, 5) is 71.0. The van der Waals surface area contributed by atoms with Gasteiger partial charge in [0.25, 0.3) is 17.7 Å². The van der Waals surface area contributed by atoms with Crippen LogP contribution in [0, 0.1) is 0 Å². The number of fused-ring (bicyclic) bond motifs is 2. The minimum Gasteiger partial charge on any atom is -0.493 e. The van der Waals surface area contributed by atoms with Crippen molar-refractivity contribution in [3.8, 4) is 22.6 Å². The second-order valence-electron chi connectivity index (χ2n) is 17.2. The number of rotatable bonds is 16. The maximum Gasteiger partial charge on any atom is 0.416 e. The predicted molar refractivity (Wildman–Crippen MR) is 261 cm³/mol. The Bertz CT molecular complexity index is 2690. The summed E-state index contributed by atoms with van der Waals surface area (Å²) in [5, 5.41) is 8.65. The van der Waals surface area contributed by atoms with Crippen LogP contribution in [0.2, 0.25) is 0 Å². The number of aromatic nitrogens is 2. The van der Waals surface area contributed by atoms with Crippen LogP contribution in [0.5, 0.6) is 11.5 Å². The molecule has 5 N–H and O–H groups in total. The second kappa shape index (κ2) is 21.6. The lowest BCUT2D eigenvalue weighted by Gasteiger charge is -2.42. The normalized spacial score (nSPS) is 17.7. The molecule has 5 amide bonds. The second-order valence-corrected chi connectivity index (χ2v) is 17.2. The number of aryl methyl sites for hydroxylation is 2. The Hall–Kier alpha value is -7.57. The number of nitrogens with zero attached hydrogens (tertiary/aromatic N) is 4. The molecule has 2 saturated heterocycles. The van der Waals surface area contributed by atoms with Gasteiger partial charge in [0.1, 0.15) is 18.0 Å². The molecule has 0 bridgehead atoms. The molecule has 5 heterocycles. The van der Waals surface area contributed by atoms with E-state index in [0.29, 0.717) is 66.6 Å². The van der Waals surface area contributed by atoms with E-state index in [1.165, 1.54) is 18.1 Å². The number of piperidine rings is 1. The number of carbonyl (C=O) groups excluding carboxylic acids is 5. The first-order valence-corrected chi connectivity index (χ1v) is 23.1. The van der Waals surface area contributed by atoms with E-state index in [0.717, 1.165) is 36.8 Å². The summed E-state index contributed by atoms with van der Waals surface area (Å²) in [6.45, 7) is 4.76. The molecule has 69 heavy (non-hydrogen) atoms. The summed E-state index contributed by atoms with van der Waals surface area (Å²) in [6, 6.07) is 20.3. The highest BCUT2D eigenvalue weighted by atomic mass is 16.7. The Balaban J connectivity index is 0.882. The van der Waals surface area contributed by atoms with Crippen LogP contribution in [0.1, 0.15) is 82.7 Å². The average molecular weight is 943 g/mol. The molecule has 362 valence electrons. The molecule has 2 fully saturated rings. The van der Waals surface area contributed by atoms with Crippen molar-refractivity contribution in [1.29, 1.82) is 0 Å². The third kappa shape index (κ3) is 11.1. The van der Waals surface area contributed by atoms with Gasteiger partial charge in [-0.05, 0) is 105 Å². The van der Waals surface area contributed by atoms with E-state index in [1.54, 1.807) is 95.0 Å². The number of nitrogens with one attached hydrogen (secondary N) is 3. The van der Waals surface area contributed by atoms with Gasteiger partial charge in [-0.2, -0.15) is 0 Å². The highest BCUT2D eigenvalue weighted by molar-refractivity contribution is 6.07. The van der Waals surface area contributed by atoms with Crippen LogP contribution < -0.4 is 36.1 Å². The van der Waals surface area contributed by atoms with Gasteiger partial charge < -0.3 is 59.4 Å². The molecule has 0 saturated carbocycles. The number of nitrogens with two attached hydrogens (primary N) is 1. The van der Waals surface area contributed by atoms with Crippen LogP contribution in [-0.2, 0) is 33.1 Å². The third-order valence-electron chi connectivity index (χ3n) is 12.3. The van der Waals surface area contributed by atoms with E-state index in [9.17, 15) is 24.0 Å². The standard InChI is InChI=1S/C51H58N8O10/c1-5-23-68-51(64)59-40-29-44(43(65-4)28-38(40)49(63)58-22-8-6-11-39(58)50(59)69-46-13-7-9-24-67-46)66-25-10-12-45(60)53-37-27-42(57(3)31-37)48(62)54-35-18-14-32(15-19-35)33-26-41(56(2)30-33)47(61)55-36-20-16-34(52)17-21-36/h5,14-21,26-31,39,46,50H,1,6-13,22-25,52H2,2-4H3,(H,53,60)(H,54,62)(H,55,61)/t39-,46?,50?/m0/s1. The van der Waals surface area contributed by atoms with Crippen molar-refractivity contribution in [2.75, 3.05) is 60.1 Å². The number of hydrogen-bond acceptors (Lipinski definition) is 11. The van der Waals surface area contributed by atoms with Crippen molar-refractivity contribution in [3.05, 3.63) is 115 Å². The molecule has 5 aromatic rings. The lowest BCUT2D eigenvalue weighted by Crippen LogP contribution is -2.57. The molecular formula is C51H58N8O10. The molecule has 3 aliphatic rings. The maximum atomic E-state index is 14.3. The number of nitrogen functional groups attached to an aromatic ring is 1. The number of benzene rings is 3. The summed E-state index contributed by atoms with van der Waals surface area (Å²) < 4.78 is 33.4. The number of amides is 5. The Kier molecular flexibility index (Phi) is 15.0. The lowest BCUT2D eigenvalue weighted by atomic mass is 10.00. The van der Waals surface area contributed by atoms with Crippen LogP contribution in [0.15, 0.2) is 97.8 Å². The van der Waals surface area contributed by atoms with Crippen molar-refractivity contribution in [3.63, 3.8) is 0 Å². The van der Waals surface area contributed by atoms with Crippen LogP contribution in [-0.4, -0.2) is 95.8 Å². The Morgan fingerprint density at radius 3 is 2.20 bits per heavy atom. The van der Waals surface area contributed by atoms with Gasteiger partial charge in [-0.1, -0.05) is 24.8 Å². The number of hydrogen-bond donors (Lipinski definition) is 4. The van der Waals surface area contributed by atoms with E-state index in [-0.39, 0.29) is 66.0 Å². The molecule has 18 nitrogen and oxygen atoms in total. The third-order valence-corrected chi connectivity index (χ3v) is 12.3. The van der Waals surface area contributed by atoms with E-state index in [4.69, 9.17) is 29.4 Å². The minimum atomic E-state index is -0.905. The van der Waals surface area contributed by atoms with E-state index < -0.39 is 24.7 Å². The van der Waals surface area contributed by atoms with Crippen molar-refractivity contribution < 1.29 is 47.7 Å². The topological polar surface area (TPSA) is 210 Å². The van der Waals surface area contributed by atoms with Gasteiger partial charge in [0.05, 0.1) is 36.7 Å². The zero-order valence-electron chi connectivity index (χ0n) is 39.0. The van der Waals surface area contributed by atoms with Gasteiger partial charge >= 0.3 is 6.09 Å². The average Bonchev–Trinajstić information content (AvgIpc) is 3.91. The molecule has 0 spiro atoms. The first-order valence-electron chi connectivity index (χ1n) is 23.1. The molecular weight excluding hydrogens is 885 g/mol. The Labute approximate surface area is 400 Å². The SMILES string of the molecule is C=CCOC(=O)N1c2cc(OCCCC(=O)Nc3cc(C(=O)Nc4ccc(-c5cc(C(=O)Nc6ccc(N)cc6)n(C)c5)cc4)n(C)c3)c(OC)cc2C(=O)N2CCCC[C@H]2C1OC1CCCCO1. The molecule has 3 aliphatic heterocycles. The van der Waals surface area contributed by atoms with Gasteiger partial charge in [0, 0.05) is 74.8 Å². The molecule has 2 aromatic heterocycles. The van der Waals surface area contributed by atoms with E-state index in [1.807, 2.05) is 18.3 Å². The zero-order chi connectivity index (χ0) is 48.6. The summed E-state index contributed by atoms with van der Waals surface area (Å²) in [5.74, 6) is -0.651. The van der Waals surface area contributed by atoms with Gasteiger partial charge in [-0.15, -0.1) is 0 Å².